The fourth-order valence-electron chi connectivity index (χ4n) is 3.53. The highest BCUT2D eigenvalue weighted by Gasteiger charge is 2.26. The van der Waals surface area contributed by atoms with Crippen LogP contribution < -0.4 is 10.6 Å². The van der Waals surface area contributed by atoms with E-state index in [1.165, 1.54) is 23.9 Å². The normalized spacial score (nSPS) is 11.8. The first-order chi connectivity index (χ1) is 16.7. The van der Waals surface area contributed by atoms with Gasteiger partial charge in [-0.3, -0.25) is 9.59 Å². The molecule has 0 fully saturated rings. The molecule has 0 spiro atoms. The summed E-state index contributed by atoms with van der Waals surface area (Å²) in [6.07, 6.45) is 0. The number of aromatic carboxylic acids is 1. The van der Waals surface area contributed by atoms with Crippen molar-refractivity contribution in [1.29, 1.82) is 0 Å². The number of amides is 2. The molecule has 1 unspecified atom stereocenters. The van der Waals surface area contributed by atoms with Gasteiger partial charge < -0.3 is 20.3 Å². The van der Waals surface area contributed by atoms with Crippen LogP contribution in [0, 0.1) is 12.8 Å². The topological polar surface area (TPSA) is 126 Å². The second kappa shape index (κ2) is 11.7. The van der Waals surface area contributed by atoms with Gasteiger partial charge >= 0.3 is 5.97 Å². The molecule has 1 heterocycles. The van der Waals surface area contributed by atoms with Crippen LogP contribution in [0.5, 0.6) is 0 Å². The molecule has 35 heavy (non-hydrogen) atoms. The smallest absolute Gasteiger partial charge is 0.335 e. The summed E-state index contributed by atoms with van der Waals surface area (Å²) in [6, 6.07) is 13.1. The maximum absolute atomic E-state index is 12.9. The monoisotopic (exact) mass is 495 g/mol. The molecule has 9 nitrogen and oxygen atoms in total. The third-order valence-corrected chi connectivity index (χ3v) is 6.27. The number of nitrogens with one attached hydrogen (secondary N) is 2. The highest BCUT2D eigenvalue weighted by Crippen LogP contribution is 2.26. The maximum atomic E-state index is 12.9. The number of nitrogens with zero attached hydrogens (tertiary/aromatic N) is 3. The predicted octanol–water partition coefficient (Wildman–Crippen LogP) is 4.16. The Kier molecular flexibility index (Phi) is 8.64. The number of hydrogen-bond acceptors (Lipinski definition) is 6. The summed E-state index contributed by atoms with van der Waals surface area (Å²) < 4.78 is 1.89. The molecule has 0 aliphatic heterocycles. The van der Waals surface area contributed by atoms with E-state index in [-0.39, 0.29) is 35.1 Å². The number of aromatic nitrogens is 3. The summed E-state index contributed by atoms with van der Waals surface area (Å²) in [5.41, 5.74) is 2.09. The number of rotatable bonds is 10. The van der Waals surface area contributed by atoms with Gasteiger partial charge in [0.15, 0.2) is 11.0 Å². The summed E-state index contributed by atoms with van der Waals surface area (Å²) in [5.74, 6) is -0.792. The van der Waals surface area contributed by atoms with Crippen LogP contribution in [0.25, 0.3) is 0 Å². The molecule has 0 saturated carbocycles. The molecule has 1 atom stereocenters. The molecular formula is C25H29N5O4S. The number of carbonyl (C=O) groups excluding carboxylic acids is 2. The number of hydrogen-bond donors (Lipinski definition) is 3. The van der Waals surface area contributed by atoms with Gasteiger partial charge in [-0.1, -0.05) is 49.4 Å². The van der Waals surface area contributed by atoms with Crippen LogP contribution >= 0.6 is 11.8 Å². The van der Waals surface area contributed by atoms with Crippen LogP contribution in [0.15, 0.2) is 53.7 Å². The molecule has 3 N–H and O–H groups in total. The van der Waals surface area contributed by atoms with Crippen molar-refractivity contribution in [3.8, 4) is 0 Å². The van der Waals surface area contributed by atoms with E-state index in [9.17, 15) is 14.4 Å². The van der Waals surface area contributed by atoms with Gasteiger partial charge in [0.25, 0.3) is 5.91 Å². The molecule has 2 aromatic carbocycles. The van der Waals surface area contributed by atoms with E-state index in [1.54, 1.807) is 18.2 Å². The van der Waals surface area contributed by atoms with Gasteiger partial charge in [0, 0.05) is 17.8 Å². The van der Waals surface area contributed by atoms with E-state index < -0.39 is 5.97 Å². The molecule has 184 valence electrons. The van der Waals surface area contributed by atoms with Gasteiger partial charge in [0.1, 0.15) is 0 Å². The lowest BCUT2D eigenvalue weighted by Crippen LogP contribution is -2.33. The first-order valence-electron chi connectivity index (χ1n) is 11.3. The van der Waals surface area contributed by atoms with E-state index in [1.807, 2.05) is 50.5 Å². The Balaban J connectivity index is 1.71. The Morgan fingerprint density at radius 1 is 1.06 bits per heavy atom. The summed E-state index contributed by atoms with van der Waals surface area (Å²) >= 11 is 1.22. The quantitative estimate of drug-likeness (QED) is 0.361. The first kappa shape index (κ1) is 26.0. The van der Waals surface area contributed by atoms with Crippen molar-refractivity contribution >= 4 is 35.2 Å². The molecule has 2 amide bonds. The van der Waals surface area contributed by atoms with Gasteiger partial charge in [-0.15, -0.1) is 10.2 Å². The standard InChI is InChI=1S/C25H29N5O4S/c1-5-30-22(21(15(2)3)27-23(32)17-9-6-8-16(4)12-17)28-29-25(30)35-14-20(31)26-19-11-7-10-18(13-19)24(33)34/h6-13,15,21H,5,14H2,1-4H3,(H,26,31)(H,27,32)(H,33,34). The Labute approximate surface area is 208 Å². The van der Waals surface area contributed by atoms with Crippen molar-refractivity contribution in [2.24, 2.45) is 5.92 Å². The number of carboxylic acid groups (broad SMARTS) is 1. The molecule has 0 bridgehead atoms. The molecule has 3 rings (SSSR count). The molecule has 0 saturated heterocycles. The van der Waals surface area contributed by atoms with Crippen LogP contribution in [0.1, 0.15) is 58.9 Å². The summed E-state index contributed by atoms with van der Waals surface area (Å²) in [6.45, 7) is 8.46. The van der Waals surface area contributed by atoms with Gasteiger partial charge in [-0.25, -0.2) is 4.79 Å². The summed E-state index contributed by atoms with van der Waals surface area (Å²) in [7, 11) is 0. The second-order valence-corrected chi connectivity index (χ2v) is 9.31. The minimum atomic E-state index is -1.06. The van der Waals surface area contributed by atoms with Gasteiger partial charge in [-0.2, -0.15) is 0 Å². The van der Waals surface area contributed by atoms with Crippen molar-refractivity contribution < 1.29 is 19.5 Å². The zero-order valence-electron chi connectivity index (χ0n) is 20.1. The van der Waals surface area contributed by atoms with Crippen LogP contribution in [0.3, 0.4) is 0 Å². The van der Waals surface area contributed by atoms with E-state index in [0.717, 1.165) is 5.56 Å². The van der Waals surface area contributed by atoms with Gasteiger partial charge in [0.2, 0.25) is 5.91 Å². The van der Waals surface area contributed by atoms with Crippen molar-refractivity contribution in [2.45, 2.75) is 45.4 Å². The number of benzene rings is 2. The van der Waals surface area contributed by atoms with Crippen molar-refractivity contribution in [2.75, 3.05) is 11.1 Å². The van der Waals surface area contributed by atoms with Crippen molar-refractivity contribution in [3.05, 3.63) is 71.0 Å². The predicted molar refractivity (Wildman–Crippen MR) is 135 cm³/mol. The summed E-state index contributed by atoms with van der Waals surface area (Å²) in [5, 5.41) is 24.1. The fourth-order valence-corrected chi connectivity index (χ4v) is 4.34. The largest absolute Gasteiger partial charge is 0.478 e. The van der Waals surface area contributed by atoms with E-state index in [4.69, 9.17) is 5.11 Å². The SMILES string of the molecule is CCn1c(SCC(=O)Nc2cccc(C(=O)O)c2)nnc1C(NC(=O)c1cccc(C)c1)C(C)C. The zero-order valence-corrected chi connectivity index (χ0v) is 20.9. The van der Waals surface area contributed by atoms with Gasteiger partial charge in [0.05, 0.1) is 17.4 Å². The van der Waals surface area contributed by atoms with E-state index in [0.29, 0.717) is 28.8 Å². The molecule has 3 aromatic rings. The highest BCUT2D eigenvalue weighted by atomic mass is 32.2. The van der Waals surface area contributed by atoms with Crippen LogP contribution in [0.4, 0.5) is 5.69 Å². The summed E-state index contributed by atoms with van der Waals surface area (Å²) in [4.78, 5) is 36.5. The lowest BCUT2D eigenvalue weighted by atomic mass is 10.0. The Morgan fingerprint density at radius 3 is 2.43 bits per heavy atom. The van der Waals surface area contributed by atoms with Gasteiger partial charge in [-0.05, 0) is 50.1 Å². The Bertz CT molecular complexity index is 1220. The lowest BCUT2D eigenvalue weighted by molar-refractivity contribution is -0.113. The number of aryl methyl sites for hydroxylation is 1. The van der Waals surface area contributed by atoms with Crippen LogP contribution in [-0.4, -0.2) is 43.4 Å². The number of thioether (sulfide) groups is 1. The average molecular weight is 496 g/mol. The van der Waals surface area contributed by atoms with Crippen LogP contribution in [-0.2, 0) is 11.3 Å². The minimum Gasteiger partial charge on any atom is -0.478 e. The number of anilines is 1. The zero-order chi connectivity index (χ0) is 25.5. The molecule has 0 aliphatic rings. The number of carboxylic acids is 1. The first-order valence-corrected chi connectivity index (χ1v) is 12.2. The average Bonchev–Trinajstić information content (AvgIpc) is 3.23. The van der Waals surface area contributed by atoms with Crippen LogP contribution in [0.2, 0.25) is 0 Å². The molecule has 0 aliphatic carbocycles. The molecule has 10 heteroatoms. The number of carbonyl (C=O) groups is 3. The third kappa shape index (κ3) is 6.69. The molecule has 1 aromatic heterocycles. The fraction of sp³-hybridized carbons (Fsp3) is 0.320. The second-order valence-electron chi connectivity index (χ2n) is 8.37. The van der Waals surface area contributed by atoms with Crippen molar-refractivity contribution in [3.63, 3.8) is 0 Å². The lowest BCUT2D eigenvalue weighted by Gasteiger charge is -2.22. The Morgan fingerprint density at radius 2 is 1.77 bits per heavy atom. The van der Waals surface area contributed by atoms with Crippen molar-refractivity contribution in [1.82, 2.24) is 20.1 Å². The molecule has 0 radical (unpaired) electrons. The minimum absolute atomic E-state index is 0.0564. The van der Waals surface area contributed by atoms with E-state index in [2.05, 4.69) is 20.8 Å². The maximum Gasteiger partial charge on any atom is 0.335 e. The van der Waals surface area contributed by atoms with E-state index >= 15 is 0 Å². The third-order valence-electron chi connectivity index (χ3n) is 5.30. The Hall–Kier alpha value is -3.66. The highest BCUT2D eigenvalue weighted by molar-refractivity contribution is 7.99. The molecular weight excluding hydrogens is 466 g/mol.